The summed E-state index contributed by atoms with van der Waals surface area (Å²) in [6.45, 7) is 6.62. The Morgan fingerprint density at radius 1 is 1.11 bits per heavy atom. The average molecular weight is 436 g/mol. The molecule has 2 aliphatic heterocycles. The van der Waals surface area contributed by atoms with Gasteiger partial charge in [0.25, 0.3) is 0 Å². The minimum absolute atomic E-state index is 0. The third-order valence-corrected chi connectivity index (χ3v) is 5.29. The number of piperidine rings is 1. The van der Waals surface area contributed by atoms with E-state index in [1.807, 2.05) is 0 Å². The van der Waals surface area contributed by atoms with Gasteiger partial charge in [-0.15, -0.1) is 24.8 Å². The third kappa shape index (κ3) is 7.39. The van der Waals surface area contributed by atoms with E-state index in [4.69, 9.17) is 9.84 Å². The summed E-state index contributed by atoms with van der Waals surface area (Å²) in [5.41, 5.74) is 0.827. The van der Waals surface area contributed by atoms with E-state index in [1.54, 1.807) is 24.3 Å². The maximum absolute atomic E-state index is 10.5. The molecule has 28 heavy (non-hydrogen) atoms. The van der Waals surface area contributed by atoms with Crippen LogP contribution >= 0.6 is 24.8 Å². The van der Waals surface area contributed by atoms with Gasteiger partial charge in [0.1, 0.15) is 5.75 Å². The van der Waals surface area contributed by atoms with Crippen LogP contribution in [0.1, 0.15) is 24.5 Å². The second kappa shape index (κ2) is 12.5. The van der Waals surface area contributed by atoms with Gasteiger partial charge in [-0.2, -0.15) is 0 Å². The smallest absolute Gasteiger partial charge is 0.341 e. The first-order chi connectivity index (χ1) is 12.6. The van der Waals surface area contributed by atoms with Crippen LogP contribution in [-0.4, -0.2) is 84.4 Å². The van der Waals surface area contributed by atoms with E-state index in [2.05, 4.69) is 15.1 Å². The molecule has 1 unspecified atom stereocenters. The molecule has 0 spiro atoms. The molecule has 160 valence electrons. The van der Waals surface area contributed by atoms with Crippen molar-refractivity contribution in [3.05, 3.63) is 29.8 Å². The zero-order chi connectivity index (χ0) is 18.4. The largest absolute Gasteiger partial charge is 0.482 e. The Hall–Kier alpha value is -1.09. The van der Waals surface area contributed by atoms with Gasteiger partial charge in [0.05, 0.1) is 6.10 Å². The summed E-state index contributed by atoms with van der Waals surface area (Å²) >= 11 is 0. The molecule has 2 heterocycles. The van der Waals surface area contributed by atoms with Crippen molar-refractivity contribution < 1.29 is 19.7 Å². The molecule has 2 saturated heterocycles. The fourth-order valence-corrected chi connectivity index (χ4v) is 3.76. The van der Waals surface area contributed by atoms with Gasteiger partial charge in [-0.25, -0.2) is 4.79 Å². The first kappa shape index (κ1) is 24.9. The van der Waals surface area contributed by atoms with Gasteiger partial charge in [-0.1, -0.05) is 12.1 Å². The molecule has 2 fully saturated rings. The van der Waals surface area contributed by atoms with Gasteiger partial charge in [0, 0.05) is 38.8 Å². The van der Waals surface area contributed by atoms with Crippen LogP contribution < -0.4 is 10.1 Å². The number of nitrogens with one attached hydrogen (secondary N) is 1. The lowest BCUT2D eigenvalue weighted by molar-refractivity contribution is -0.139. The van der Waals surface area contributed by atoms with Gasteiger partial charge in [-0.3, -0.25) is 9.80 Å². The number of carboxylic acid groups (broad SMARTS) is 1. The summed E-state index contributed by atoms with van der Waals surface area (Å²) in [7, 11) is 0. The highest BCUT2D eigenvalue weighted by Crippen LogP contribution is 2.20. The number of benzene rings is 1. The Balaban J connectivity index is 0.00000196. The van der Waals surface area contributed by atoms with E-state index in [9.17, 15) is 9.90 Å². The molecule has 0 amide bonds. The van der Waals surface area contributed by atoms with Crippen molar-refractivity contribution in [1.82, 2.24) is 15.1 Å². The number of β-amino-alcohol motifs (C(OH)–C–C–N with tert-alkyl or cyclic N) is 1. The second-order valence-corrected chi connectivity index (χ2v) is 7.08. The fraction of sp³-hybridized carbons (Fsp3) is 0.632. The lowest BCUT2D eigenvalue weighted by atomic mass is 10.0. The number of rotatable bonds is 7. The molecule has 3 rings (SSSR count). The third-order valence-electron chi connectivity index (χ3n) is 5.29. The van der Waals surface area contributed by atoms with E-state index in [-0.39, 0.29) is 31.4 Å². The Kier molecular flexibility index (Phi) is 11.1. The molecule has 0 aromatic heterocycles. The summed E-state index contributed by atoms with van der Waals surface area (Å²) in [6.07, 6.45) is 1.92. The quantitative estimate of drug-likeness (QED) is 0.596. The number of hydrogen-bond donors (Lipinski definition) is 3. The summed E-state index contributed by atoms with van der Waals surface area (Å²) in [4.78, 5) is 15.4. The molecule has 0 saturated carbocycles. The number of ether oxygens (including phenoxy) is 1. The zero-order valence-corrected chi connectivity index (χ0v) is 17.6. The normalized spacial score (nSPS) is 19.9. The number of piperazine rings is 1. The molecule has 2 aliphatic rings. The summed E-state index contributed by atoms with van der Waals surface area (Å²) < 4.78 is 5.12. The highest BCUT2D eigenvalue weighted by atomic mass is 35.5. The maximum Gasteiger partial charge on any atom is 0.341 e. The van der Waals surface area contributed by atoms with E-state index >= 15 is 0 Å². The maximum atomic E-state index is 10.5. The summed E-state index contributed by atoms with van der Waals surface area (Å²) in [5.74, 6) is -0.503. The predicted molar refractivity (Wildman–Crippen MR) is 113 cm³/mol. The molecule has 0 radical (unpaired) electrons. The lowest BCUT2D eigenvalue weighted by Gasteiger charge is -2.41. The van der Waals surface area contributed by atoms with Crippen LogP contribution in [0.5, 0.6) is 5.75 Å². The van der Waals surface area contributed by atoms with Crippen molar-refractivity contribution in [3.63, 3.8) is 0 Å². The molecular formula is C19H31Cl2N3O4. The molecule has 7 nitrogen and oxygen atoms in total. The van der Waals surface area contributed by atoms with Crippen LogP contribution in [-0.2, 0) is 4.79 Å². The van der Waals surface area contributed by atoms with Crippen LogP contribution in [0.15, 0.2) is 24.3 Å². The van der Waals surface area contributed by atoms with Crippen LogP contribution in [0.4, 0.5) is 0 Å². The van der Waals surface area contributed by atoms with Crippen molar-refractivity contribution >= 4 is 30.8 Å². The van der Waals surface area contributed by atoms with Gasteiger partial charge in [0.15, 0.2) is 6.61 Å². The minimum atomic E-state index is -1.00. The topological polar surface area (TPSA) is 85.3 Å². The van der Waals surface area contributed by atoms with E-state index < -0.39 is 12.1 Å². The summed E-state index contributed by atoms with van der Waals surface area (Å²) in [5, 5.41) is 22.5. The Labute approximate surface area is 178 Å². The number of aliphatic hydroxyl groups is 1. The molecule has 0 aliphatic carbocycles. The molecule has 1 aromatic rings. The average Bonchev–Trinajstić information content (AvgIpc) is 2.68. The van der Waals surface area contributed by atoms with E-state index in [0.717, 1.165) is 44.8 Å². The van der Waals surface area contributed by atoms with Gasteiger partial charge < -0.3 is 20.3 Å². The van der Waals surface area contributed by atoms with Crippen LogP contribution in [0, 0.1) is 0 Å². The van der Waals surface area contributed by atoms with Gasteiger partial charge in [0.2, 0.25) is 0 Å². The van der Waals surface area contributed by atoms with Gasteiger partial charge >= 0.3 is 5.97 Å². The Bertz CT molecular complexity index is 577. The highest BCUT2D eigenvalue weighted by Gasteiger charge is 2.26. The Morgan fingerprint density at radius 3 is 2.29 bits per heavy atom. The number of carboxylic acids is 1. The van der Waals surface area contributed by atoms with Crippen LogP contribution in [0.2, 0.25) is 0 Å². The number of carbonyl (C=O) groups is 1. The van der Waals surface area contributed by atoms with Crippen molar-refractivity contribution in [2.24, 2.45) is 0 Å². The van der Waals surface area contributed by atoms with Gasteiger partial charge in [-0.05, 0) is 43.6 Å². The van der Waals surface area contributed by atoms with Crippen LogP contribution in [0.3, 0.4) is 0 Å². The molecule has 1 aromatic carbocycles. The zero-order valence-electron chi connectivity index (χ0n) is 16.0. The van der Waals surface area contributed by atoms with Crippen molar-refractivity contribution in [2.45, 2.75) is 25.0 Å². The standard InChI is InChI=1S/C19H29N3O4.2ClH/c23-18(15-1-3-17(4-2-15)26-14-19(24)25)13-21-9-11-22(12-10-21)16-5-7-20-8-6-16;;/h1-4,16,18,20,23H,5-14H2,(H,24,25);2*1H. The van der Waals surface area contributed by atoms with Crippen molar-refractivity contribution in [1.29, 1.82) is 0 Å². The van der Waals surface area contributed by atoms with E-state index in [1.165, 1.54) is 12.8 Å². The number of aliphatic carboxylic acids is 1. The lowest BCUT2D eigenvalue weighted by Crippen LogP contribution is -2.53. The predicted octanol–water partition coefficient (Wildman–Crippen LogP) is 1.40. The van der Waals surface area contributed by atoms with Crippen LogP contribution in [0.25, 0.3) is 0 Å². The SMILES string of the molecule is Cl.Cl.O=C(O)COc1ccc(C(O)CN2CCN(C3CCNCC3)CC2)cc1. The highest BCUT2D eigenvalue weighted by molar-refractivity contribution is 5.85. The molecule has 1 atom stereocenters. The molecule has 3 N–H and O–H groups in total. The fourth-order valence-electron chi connectivity index (χ4n) is 3.76. The molecular weight excluding hydrogens is 405 g/mol. The molecule has 0 bridgehead atoms. The van der Waals surface area contributed by atoms with Crippen molar-refractivity contribution in [3.8, 4) is 5.75 Å². The number of aliphatic hydroxyl groups excluding tert-OH is 1. The number of hydrogen-bond acceptors (Lipinski definition) is 6. The van der Waals surface area contributed by atoms with Crippen molar-refractivity contribution in [2.75, 3.05) is 52.4 Å². The molecule has 9 heteroatoms. The first-order valence-electron chi connectivity index (χ1n) is 9.41. The first-order valence-corrected chi connectivity index (χ1v) is 9.41. The minimum Gasteiger partial charge on any atom is -0.482 e. The number of halogens is 2. The second-order valence-electron chi connectivity index (χ2n) is 7.08. The summed E-state index contributed by atoms with van der Waals surface area (Å²) in [6, 6.07) is 7.72. The monoisotopic (exact) mass is 435 g/mol. The van der Waals surface area contributed by atoms with E-state index in [0.29, 0.717) is 18.3 Å². The Morgan fingerprint density at radius 2 is 1.71 bits per heavy atom. The number of nitrogens with zero attached hydrogens (tertiary/aromatic N) is 2.